The van der Waals surface area contributed by atoms with Crippen molar-refractivity contribution in [1.82, 2.24) is 9.97 Å². The van der Waals surface area contributed by atoms with Crippen LogP contribution in [0.1, 0.15) is 11.3 Å². The summed E-state index contributed by atoms with van der Waals surface area (Å²) in [6, 6.07) is 13.7. The van der Waals surface area contributed by atoms with Gasteiger partial charge in [0.15, 0.2) is 0 Å². The van der Waals surface area contributed by atoms with Crippen LogP contribution >= 0.6 is 0 Å². The second-order valence-electron chi connectivity index (χ2n) is 5.03. The van der Waals surface area contributed by atoms with Crippen molar-refractivity contribution in [1.29, 1.82) is 0 Å². The van der Waals surface area contributed by atoms with Crippen molar-refractivity contribution < 1.29 is 4.39 Å². The molecule has 3 aromatic rings. The summed E-state index contributed by atoms with van der Waals surface area (Å²) in [5, 5.41) is 1.05. The minimum Gasteiger partial charge on any atom is -0.372 e. The molecule has 4 heteroatoms. The van der Waals surface area contributed by atoms with E-state index in [4.69, 9.17) is 0 Å². The molecule has 0 spiro atoms. The third kappa shape index (κ3) is 3.09. The van der Waals surface area contributed by atoms with Crippen LogP contribution in [0, 0.1) is 11.8 Å². The van der Waals surface area contributed by atoms with Crippen molar-refractivity contribution in [2.24, 2.45) is 0 Å². The Kier molecular flexibility index (Phi) is 4.06. The average Bonchev–Trinajstić information content (AvgIpc) is 2.96. The summed E-state index contributed by atoms with van der Waals surface area (Å²) in [6.07, 6.45) is 1.75. The van der Waals surface area contributed by atoms with E-state index in [1.54, 1.807) is 6.20 Å². The van der Waals surface area contributed by atoms with Crippen LogP contribution < -0.4 is 4.90 Å². The Morgan fingerprint density at radius 1 is 1.18 bits per heavy atom. The topological polar surface area (TPSA) is 31.9 Å². The Hall–Kier alpha value is -2.80. The molecule has 110 valence electrons. The van der Waals surface area contributed by atoms with E-state index in [0.717, 1.165) is 28.0 Å². The zero-order chi connectivity index (χ0) is 15.4. The lowest BCUT2D eigenvalue weighted by Gasteiger charge is -2.16. The molecule has 0 saturated heterocycles. The summed E-state index contributed by atoms with van der Waals surface area (Å²) in [5.41, 5.74) is 3.59. The van der Waals surface area contributed by atoms with Crippen LogP contribution in [0.25, 0.3) is 11.0 Å². The molecule has 0 amide bonds. The van der Waals surface area contributed by atoms with Gasteiger partial charge in [-0.1, -0.05) is 5.92 Å². The minimum atomic E-state index is -0.355. The highest BCUT2D eigenvalue weighted by Crippen LogP contribution is 2.14. The molecule has 1 aromatic carbocycles. The van der Waals surface area contributed by atoms with E-state index in [9.17, 15) is 4.39 Å². The fraction of sp³-hybridized carbons (Fsp3) is 0.167. The number of halogens is 1. The van der Waals surface area contributed by atoms with Crippen LogP contribution in [0.5, 0.6) is 0 Å². The Labute approximate surface area is 128 Å². The molecule has 22 heavy (non-hydrogen) atoms. The van der Waals surface area contributed by atoms with Crippen molar-refractivity contribution in [3.63, 3.8) is 0 Å². The molecule has 0 bridgehead atoms. The molecule has 0 saturated carbocycles. The average molecular weight is 292 g/mol. The number of fused-ring (bicyclic) bond motifs is 1. The molecule has 0 aliphatic heterocycles. The molecule has 0 aliphatic carbocycles. The van der Waals surface area contributed by atoms with E-state index in [-0.39, 0.29) is 6.67 Å². The van der Waals surface area contributed by atoms with Crippen molar-refractivity contribution in [3.05, 3.63) is 59.9 Å². The first kappa shape index (κ1) is 14.2. The third-order valence-corrected chi connectivity index (χ3v) is 3.46. The summed E-state index contributed by atoms with van der Waals surface area (Å²) in [6.45, 7) is 0.0412. The maximum atomic E-state index is 12.3. The SMILES string of the molecule is CN(CC[18F])c1ccc(C#Cc2cc3cccnc3[nH]2)cc1. The van der Waals surface area contributed by atoms with Crippen molar-refractivity contribution in [2.75, 3.05) is 25.2 Å². The van der Waals surface area contributed by atoms with Crippen LogP contribution in [0.3, 0.4) is 0 Å². The van der Waals surface area contributed by atoms with Gasteiger partial charge < -0.3 is 9.88 Å². The molecule has 2 aromatic heterocycles. The number of benzene rings is 1. The van der Waals surface area contributed by atoms with Gasteiger partial charge in [0.25, 0.3) is 0 Å². The lowest BCUT2D eigenvalue weighted by Crippen LogP contribution is -2.19. The largest absolute Gasteiger partial charge is 0.372 e. The summed E-state index contributed by atoms with van der Waals surface area (Å²) in [5.74, 6) is 6.22. The fourth-order valence-corrected chi connectivity index (χ4v) is 2.22. The van der Waals surface area contributed by atoms with E-state index in [2.05, 4.69) is 21.8 Å². The molecule has 0 radical (unpaired) electrons. The van der Waals surface area contributed by atoms with Gasteiger partial charge in [0.2, 0.25) is 0 Å². The van der Waals surface area contributed by atoms with Gasteiger partial charge in [-0.25, -0.2) is 9.37 Å². The van der Waals surface area contributed by atoms with Gasteiger partial charge in [-0.3, -0.25) is 0 Å². The van der Waals surface area contributed by atoms with Crippen LogP contribution in [0.2, 0.25) is 0 Å². The first-order valence-corrected chi connectivity index (χ1v) is 7.09. The standard InChI is InChI=1S/C18H16FN3/c1-22(12-10-19)17-8-5-14(6-9-17)4-7-16-13-15-3-2-11-20-18(15)21-16/h2-3,5-6,8-9,11,13H,10,12H2,1H3,(H,20,21)/i19-1. The number of hydrogen-bond acceptors (Lipinski definition) is 2. The van der Waals surface area contributed by atoms with Gasteiger partial charge in [0.05, 0.1) is 5.69 Å². The highest BCUT2D eigenvalue weighted by atomic mass is 18.2. The molecule has 1 N–H and O–H groups in total. The molecule has 0 atom stereocenters. The predicted octanol–water partition coefficient (Wildman–Crippen LogP) is 3.37. The van der Waals surface area contributed by atoms with Crippen LogP contribution in [0.4, 0.5) is 10.1 Å². The highest BCUT2D eigenvalue weighted by Gasteiger charge is 2.00. The number of alkyl halides is 1. The number of anilines is 1. The third-order valence-electron chi connectivity index (χ3n) is 3.46. The lowest BCUT2D eigenvalue weighted by molar-refractivity contribution is 0.497. The fourth-order valence-electron chi connectivity index (χ4n) is 2.22. The van der Waals surface area contributed by atoms with Crippen molar-refractivity contribution in [3.8, 4) is 11.8 Å². The van der Waals surface area contributed by atoms with Gasteiger partial charge in [0, 0.05) is 36.4 Å². The number of aromatic amines is 1. The molecule has 3 nitrogen and oxygen atoms in total. The quantitative estimate of drug-likeness (QED) is 0.751. The number of H-pyrrole nitrogens is 1. The molecule has 0 unspecified atom stereocenters. The molecular formula is C18H16FN3. The zero-order valence-corrected chi connectivity index (χ0v) is 12.3. The van der Waals surface area contributed by atoms with E-state index in [0.29, 0.717) is 6.54 Å². The van der Waals surface area contributed by atoms with E-state index >= 15 is 0 Å². The molecule has 0 fully saturated rings. The minimum absolute atomic E-state index is 0.355. The predicted molar refractivity (Wildman–Crippen MR) is 87.8 cm³/mol. The number of aromatic nitrogens is 2. The Morgan fingerprint density at radius 3 is 2.73 bits per heavy atom. The molecule has 2 heterocycles. The van der Waals surface area contributed by atoms with Gasteiger partial charge in [0.1, 0.15) is 12.3 Å². The maximum Gasteiger partial charge on any atom is 0.138 e. The second-order valence-corrected chi connectivity index (χ2v) is 5.03. The number of nitrogens with zero attached hydrogens (tertiary/aromatic N) is 2. The summed E-state index contributed by atoms with van der Waals surface area (Å²) < 4.78 is 12.3. The Morgan fingerprint density at radius 2 is 2.00 bits per heavy atom. The van der Waals surface area contributed by atoms with Crippen molar-refractivity contribution in [2.45, 2.75) is 0 Å². The highest BCUT2D eigenvalue weighted by molar-refractivity contribution is 5.77. The van der Waals surface area contributed by atoms with Gasteiger partial charge >= 0.3 is 0 Å². The Balaban J connectivity index is 1.78. The van der Waals surface area contributed by atoms with Crippen LogP contribution in [-0.4, -0.2) is 30.2 Å². The maximum absolute atomic E-state index is 12.3. The van der Waals surface area contributed by atoms with Gasteiger partial charge in [-0.05, 0) is 48.4 Å². The first-order chi connectivity index (χ1) is 10.8. The lowest BCUT2D eigenvalue weighted by atomic mass is 10.2. The summed E-state index contributed by atoms with van der Waals surface area (Å²) in [7, 11) is 1.87. The number of nitrogens with one attached hydrogen (secondary N) is 1. The molecular weight excluding hydrogens is 276 g/mol. The number of hydrogen-bond donors (Lipinski definition) is 1. The molecule has 3 rings (SSSR count). The van der Waals surface area contributed by atoms with Crippen LogP contribution in [0.15, 0.2) is 48.7 Å². The Bertz CT molecular complexity index is 792. The monoisotopic (exact) mass is 292 g/mol. The summed E-state index contributed by atoms with van der Waals surface area (Å²) >= 11 is 0. The van der Waals surface area contributed by atoms with Gasteiger partial charge in [-0.15, -0.1) is 0 Å². The van der Waals surface area contributed by atoms with E-state index in [1.807, 2.05) is 54.4 Å². The number of pyridine rings is 1. The zero-order valence-electron chi connectivity index (χ0n) is 12.3. The van der Waals surface area contributed by atoms with Crippen molar-refractivity contribution >= 4 is 16.7 Å². The number of rotatable bonds is 3. The molecule has 0 aliphatic rings. The van der Waals surface area contributed by atoms with Crippen LogP contribution in [-0.2, 0) is 0 Å². The van der Waals surface area contributed by atoms with E-state index in [1.165, 1.54) is 0 Å². The second kappa shape index (κ2) is 6.31. The van der Waals surface area contributed by atoms with E-state index < -0.39 is 0 Å². The first-order valence-electron chi connectivity index (χ1n) is 7.09. The van der Waals surface area contributed by atoms with Gasteiger partial charge in [-0.2, -0.15) is 0 Å². The normalized spacial score (nSPS) is 10.3. The smallest absolute Gasteiger partial charge is 0.138 e. The summed E-state index contributed by atoms with van der Waals surface area (Å²) in [4.78, 5) is 9.30.